The first-order valence-corrected chi connectivity index (χ1v) is 7.74. The summed E-state index contributed by atoms with van der Waals surface area (Å²) in [5.41, 5.74) is 1.94. The lowest BCUT2D eigenvalue weighted by Gasteiger charge is -2.09. The minimum Gasteiger partial charge on any atom is -0.322 e. The zero-order valence-electron chi connectivity index (χ0n) is 12.9. The molecular weight excluding hydrogens is 340 g/mol. The van der Waals surface area contributed by atoms with Crippen LogP contribution in [-0.4, -0.2) is 21.8 Å². The molecule has 1 aromatic carbocycles. The van der Waals surface area contributed by atoms with Gasteiger partial charge < -0.3 is 10.6 Å². The lowest BCUT2D eigenvalue weighted by atomic mass is 10.2. The van der Waals surface area contributed by atoms with E-state index in [1.54, 1.807) is 48.7 Å². The Morgan fingerprint density at radius 3 is 2.20 bits per heavy atom. The molecule has 0 saturated carbocycles. The van der Waals surface area contributed by atoms with Crippen LogP contribution in [0.15, 0.2) is 67.1 Å². The molecule has 0 fully saturated rings. The predicted molar refractivity (Wildman–Crippen MR) is 95.8 cm³/mol. The Hall–Kier alpha value is -3.25. The van der Waals surface area contributed by atoms with Crippen LogP contribution < -0.4 is 10.6 Å². The zero-order chi connectivity index (χ0) is 17.6. The van der Waals surface area contributed by atoms with E-state index in [0.29, 0.717) is 22.5 Å². The summed E-state index contributed by atoms with van der Waals surface area (Å²) in [6, 6.07) is 13.2. The van der Waals surface area contributed by atoms with E-state index in [0.717, 1.165) is 0 Å². The molecular formula is C18H13ClN4O2. The monoisotopic (exact) mass is 352 g/mol. The minimum atomic E-state index is -0.319. The van der Waals surface area contributed by atoms with E-state index in [1.807, 2.05) is 0 Å². The Balaban J connectivity index is 1.71. The van der Waals surface area contributed by atoms with Crippen molar-refractivity contribution in [1.82, 2.24) is 9.97 Å². The molecule has 6 nitrogen and oxygen atoms in total. The highest BCUT2D eigenvalue weighted by atomic mass is 35.5. The third-order valence-electron chi connectivity index (χ3n) is 3.29. The number of pyridine rings is 2. The van der Waals surface area contributed by atoms with E-state index >= 15 is 0 Å². The van der Waals surface area contributed by atoms with Crippen LogP contribution in [0.2, 0.25) is 5.15 Å². The van der Waals surface area contributed by atoms with Gasteiger partial charge in [-0.2, -0.15) is 0 Å². The van der Waals surface area contributed by atoms with Gasteiger partial charge in [-0.1, -0.05) is 17.7 Å². The number of hydrogen-bond acceptors (Lipinski definition) is 4. The van der Waals surface area contributed by atoms with Crippen molar-refractivity contribution in [3.63, 3.8) is 0 Å². The summed E-state index contributed by atoms with van der Waals surface area (Å²) in [5, 5.41) is 5.75. The number of halogens is 1. The molecule has 25 heavy (non-hydrogen) atoms. The number of anilines is 2. The Kier molecular flexibility index (Phi) is 5.01. The fourth-order valence-electron chi connectivity index (χ4n) is 2.12. The lowest BCUT2D eigenvalue weighted by molar-refractivity contribution is 0.101. The maximum atomic E-state index is 12.2. The molecule has 0 aliphatic carbocycles. The van der Waals surface area contributed by atoms with Crippen LogP contribution in [0, 0.1) is 0 Å². The Labute approximate surface area is 148 Å². The van der Waals surface area contributed by atoms with Gasteiger partial charge >= 0.3 is 0 Å². The van der Waals surface area contributed by atoms with Crippen LogP contribution in [0.25, 0.3) is 0 Å². The predicted octanol–water partition coefficient (Wildman–Crippen LogP) is 3.63. The summed E-state index contributed by atoms with van der Waals surface area (Å²) in [4.78, 5) is 32.1. The first kappa shape index (κ1) is 16.6. The molecule has 2 N–H and O–H groups in total. The number of carbonyl (C=O) groups is 2. The third-order valence-corrected chi connectivity index (χ3v) is 3.50. The van der Waals surface area contributed by atoms with E-state index in [4.69, 9.17) is 11.6 Å². The number of benzene rings is 1. The fraction of sp³-hybridized carbons (Fsp3) is 0. The van der Waals surface area contributed by atoms with Crippen molar-refractivity contribution < 1.29 is 9.59 Å². The maximum absolute atomic E-state index is 12.2. The second-order valence-electron chi connectivity index (χ2n) is 5.10. The van der Waals surface area contributed by atoms with Crippen molar-refractivity contribution in [1.29, 1.82) is 0 Å². The Morgan fingerprint density at radius 2 is 1.56 bits per heavy atom. The molecule has 124 valence electrons. The van der Waals surface area contributed by atoms with Crippen LogP contribution in [0.4, 0.5) is 11.4 Å². The summed E-state index contributed by atoms with van der Waals surface area (Å²) in [5.74, 6) is -0.600. The van der Waals surface area contributed by atoms with Crippen molar-refractivity contribution in [3.05, 3.63) is 83.4 Å². The van der Waals surface area contributed by atoms with Crippen LogP contribution >= 0.6 is 11.6 Å². The van der Waals surface area contributed by atoms with Crippen LogP contribution in [0.5, 0.6) is 0 Å². The average Bonchev–Trinajstić information content (AvgIpc) is 2.63. The Bertz CT molecular complexity index is 916. The molecule has 0 spiro atoms. The zero-order valence-corrected chi connectivity index (χ0v) is 13.7. The van der Waals surface area contributed by atoms with Gasteiger partial charge in [0.1, 0.15) is 5.15 Å². The van der Waals surface area contributed by atoms with Gasteiger partial charge in [-0.3, -0.25) is 14.6 Å². The van der Waals surface area contributed by atoms with Crippen molar-refractivity contribution >= 4 is 34.8 Å². The molecule has 0 aliphatic rings. The largest absolute Gasteiger partial charge is 0.322 e. The molecule has 0 saturated heterocycles. The molecule has 3 rings (SSSR count). The minimum absolute atomic E-state index is 0.241. The van der Waals surface area contributed by atoms with Crippen LogP contribution in [0.1, 0.15) is 20.7 Å². The fourth-order valence-corrected chi connectivity index (χ4v) is 2.30. The van der Waals surface area contributed by atoms with E-state index in [9.17, 15) is 9.59 Å². The molecule has 0 unspecified atom stereocenters. The maximum Gasteiger partial charge on any atom is 0.257 e. The normalized spacial score (nSPS) is 10.1. The summed E-state index contributed by atoms with van der Waals surface area (Å²) in [7, 11) is 0. The van der Waals surface area contributed by atoms with Gasteiger partial charge in [-0.25, -0.2) is 4.98 Å². The average molecular weight is 353 g/mol. The highest BCUT2D eigenvalue weighted by molar-refractivity contribution is 6.29. The van der Waals surface area contributed by atoms with Gasteiger partial charge in [0, 0.05) is 35.5 Å². The number of carbonyl (C=O) groups excluding carboxylic acids is 2. The molecule has 0 aliphatic heterocycles. The van der Waals surface area contributed by atoms with Gasteiger partial charge in [-0.15, -0.1) is 0 Å². The van der Waals surface area contributed by atoms with E-state index in [-0.39, 0.29) is 17.0 Å². The van der Waals surface area contributed by atoms with Gasteiger partial charge in [0.15, 0.2) is 0 Å². The molecule has 0 bridgehead atoms. The standard InChI is InChI=1S/C18H13ClN4O2/c19-16-9-12(6-8-21-16)17(24)22-14-4-1-5-15(10-14)23-18(25)13-3-2-7-20-11-13/h1-11H,(H,22,24)(H,23,25). The molecule has 2 heterocycles. The second-order valence-corrected chi connectivity index (χ2v) is 5.49. The number of rotatable bonds is 4. The van der Waals surface area contributed by atoms with Crippen LogP contribution in [-0.2, 0) is 0 Å². The molecule has 2 amide bonds. The highest BCUT2D eigenvalue weighted by Crippen LogP contribution is 2.17. The molecule has 0 atom stereocenters. The lowest BCUT2D eigenvalue weighted by Crippen LogP contribution is -2.14. The van der Waals surface area contributed by atoms with Crippen molar-refractivity contribution in [2.75, 3.05) is 10.6 Å². The van der Waals surface area contributed by atoms with E-state index in [1.165, 1.54) is 18.5 Å². The van der Waals surface area contributed by atoms with Crippen molar-refractivity contribution in [2.24, 2.45) is 0 Å². The van der Waals surface area contributed by atoms with Crippen molar-refractivity contribution in [2.45, 2.75) is 0 Å². The highest BCUT2D eigenvalue weighted by Gasteiger charge is 2.09. The second kappa shape index (κ2) is 7.55. The van der Waals surface area contributed by atoms with Gasteiger partial charge in [0.25, 0.3) is 11.8 Å². The first-order chi connectivity index (χ1) is 12.1. The SMILES string of the molecule is O=C(Nc1cccc(NC(=O)c2ccnc(Cl)c2)c1)c1cccnc1. The summed E-state index contributed by atoms with van der Waals surface area (Å²) in [6.07, 6.45) is 4.54. The van der Waals surface area contributed by atoms with Crippen molar-refractivity contribution in [3.8, 4) is 0 Å². The van der Waals surface area contributed by atoms with Gasteiger partial charge in [-0.05, 0) is 42.5 Å². The first-order valence-electron chi connectivity index (χ1n) is 7.36. The molecule has 2 aromatic heterocycles. The number of nitrogens with zero attached hydrogens (tertiary/aromatic N) is 2. The Morgan fingerprint density at radius 1 is 0.840 bits per heavy atom. The molecule has 0 radical (unpaired) electrons. The van der Waals surface area contributed by atoms with Crippen LogP contribution in [0.3, 0.4) is 0 Å². The summed E-state index contributed by atoms with van der Waals surface area (Å²) >= 11 is 5.79. The number of amides is 2. The molecule has 3 aromatic rings. The third kappa shape index (κ3) is 4.39. The number of nitrogens with one attached hydrogen (secondary N) is 2. The molecule has 7 heteroatoms. The van der Waals surface area contributed by atoms with Gasteiger partial charge in [0.05, 0.1) is 5.56 Å². The quantitative estimate of drug-likeness (QED) is 0.702. The summed E-state index contributed by atoms with van der Waals surface area (Å²) < 4.78 is 0. The smallest absolute Gasteiger partial charge is 0.257 e. The number of aromatic nitrogens is 2. The summed E-state index contributed by atoms with van der Waals surface area (Å²) in [6.45, 7) is 0. The van der Waals surface area contributed by atoms with E-state index < -0.39 is 0 Å². The van der Waals surface area contributed by atoms with Gasteiger partial charge in [0.2, 0.25) is 0 Å². The topological polar surface area (TPSA) is 84.0 Å². The number of hydrogen-bond donors (Lipinski definition) is 2. The van der Waals surface area contributed by atoms with E-state index in [2.05, 4.69) is 20.6 Å².